The van der Waals surface area contributed by atoms with Crippen LogP contribution in [0.25, 0.3) is 0 Å². The molecule has 9 nitrogen and oxygen atoms in total. The van der Waals surface area contributed by atoms with Gasteiger partial charge in [0, 0.05) is 42.6 Å². The zero-order valence-electron chi connectivity index (χ0n) is 23.2. The van der Waals surface area contributed by atoms with Gasteiger partial charge in [0.2, 0.25) is 0 Å². The minimum Gasteiger partial charge on any atom is -0.481 e. The van der Waals surface area contributed by atoms with Crippen molar-refractivity contribution in [1.29, 1.82) is 0 Å². The molecule has 2 N–H and O–H groups in total. The van der Waals surface area contributed by atoms with Gasteiger partial charge in [-0.3, -0.25) is 14.3 Å². The van der Waals surface area contributed by atoms with E-state index in [9.17, 15) is 23.5 Å². The number of nitrogens with zero attached hydrogens (tertiary/aromatic N) is 3. The van der Waals surface area contributed by atoms with Crippen LogP contribution in [-0.4, -0.2) is 70.1 Å². The quantitative estimate of drug-likeness (QED) is 0.410. The first-order valence-corrected chi connectivity index (χ1v) is 13.9. The maximum absolute atomic E-state index is 14.1. The number of carbonyl (C=O) groups is 2. The number of likely N-dealkylation sites (tertiary alicyclic amines) is 1. The van der Waals surface area contributed by atoms with Gasteiger partial charge in [0.15, 0.2) is 5.75 Å². The van der Waals surface area contributed by atoms with E-state index in [0.717, 1.165) is 5.69 Å². The molecule has 3 heterocycles. The second kappa shape index (κ2) is 12.0. The number of aliphatic carboxylic acids is 1. The van der Waals surface area contributed by atoms with Crippen molar-refractivity contribution in [3.8, 4) is 5.75 Å². The minimum atomic E-state index is -3.10. The highest BCUT2D eigenvalue weighted by Gasteiger charge is 2.50. The minimum absolute atomic E-state index is 0.0685. The molecule has 2 saturated heterocycles. The lowest BCUT2D eigenvalue weighted by molar-refractivity contribution is -0.167. The predicted molar refractivity (Wildman–Crippen MR) is 146 cm³/mol. The number of anilines is 1. The van der Waals surface area contributed by atoms with Crippen LogP contribution in [0.1, 0.15) is 65.0 Å². The molecule has 1 aromatic heterocycles. The van der Waals surface area contributed by atoms with Crippen molar-refractivity contribution in [3.05, 3.63) is 41.2 Å². The van der Waals surface area contributed by atoms with Crippen LogP contribution in [0, 0.1) is 5.41 Å². The molecule has 12 heteroatoms. The maximum Gasteiger partial charge on any atom is 0.387 e. The number of hydrogen-bond donors (Lipinski definition) is 2. The molecule has 2 aliphatic rings. The molecule has 0 aliphatic carbocycles. The summed E-state index contributed by atoms with van der Waals surface area (Å²) in [7, 11) is 0. The molecule has 1 amide bonds. The van der Waals surface area contributed by atoms with Crippen molar-refractivity contribution in [2.24, 2.45) is 5.41 Å². The second-order valence-electron chi connectivity index (χ2n) is 11.4. The monoisotopic (exact) mass is 582 g/mol. The average Bonchev–Trinajstić information content (AvgIpc) is 3.36. The number of alkyl halides is 2. The van der Waals surface area contributed by atoms with Crippen LogP contribution in [0.3, 0.4) is 0 Å². The van der Waals surface area contributed by atoms with Crippen LogP contribution in [0.2, 0.25) is 5.02 Å². The van der Waals surface area contributed by atoms with Crippen LogP contribution >= 0.6 is 11.6 Å². The maximum atomic E-state index is 14.1. The third-order valence-corrected chi connectivity index (χ3v) is 8.22. The topological polar surface area (TPSA) is 106 Å². The van der Waals surface area contributed by atoms with Gasteiger partial charge in [-0.2, -0.15) is 13.9 Å². The Morgan fingerprint density at radius 2 is 1.85 bits per heavy atom. The Morgan fingerprint density at radius 1 is 1.20 bits per heavy atom. The van der Waals surface area contributed by atoms with Gasteiger partial charge in [-0.1, -0.05) is 25.4 Å². The van der Waals surface area contributed by atoms with E-state index in [4.69, 9.17) is 16.3 Å². The number of aromatic nitrogens is 2. The summed E-state index contributed by atoms with van der Waals surface area (Å²) in [5.74, 6) is -1.42. The number of ether oxygens (including phenoxy) is 2. The summed E-state index contributed by atoms with van der Waals surface area (Å²) < 4.78 is 38.4. The fraction of sp³-hybridized carbons (Fsp3) is 0.607. The van der Waals surface area contributed by atoms with E-state index < -0.39 is 29.4 Å². The van der Waals surface area contributed by atoms with Crippen molar-refractivity contribution in [2.75, 3.05) is 25.0 Å². The van der Waals surface area contributed by atoms with Gasteiger partial charge >= 0.3 is 12.6 Å². The number of amides is 1. The molecule has 3 atom stereocenters. The van der Waals surface area contributed by atoms with E-state index in [1.807, 2.05) is 33.8 Å². The van der Waals surface area contributed by atoms with Crippen LogP contribution < -0.4 is 10.1 Å². The highest BCUT2D eigenvalue weighted by Crippen LogP contribution is 2.41. The first kappa shape index (κ1) is 30.2. The van der Waals surface area contributed by atoms with E-state index in [1.165, 1.54) is 18.2 Å². The molecule has 0 bridgehead atoms. The summed E-state index contributed by atoms with van der Waals surface area (Å²) in [5.41, 5.74) is -1.14. The lowest BCUT2D eigenvalue weighted by Gasteiger charge is -2.46. The molecular weight excluding hydrogens is 546 g/mol. The number of carbonyl (C=O) groups excluding carboxylic acids is 1. The standard InChI is InChI=1S/C28H37ClF2N4O5/c1-17(2)22-7-10-32-35(22)28(24(36)33-21-6-5-20(29)13-23(21)40-26(30)31)8-11-34(12-9-28)16-27(25(37)38)14-18(3)39-19(4)15-27/h5-7,10,13,17-19,26H,8-9,11-12,14-16H2,1-4H3,(H,33,36)(H,37,38)/t18-,19+,27?. The van der Waals surface area contributed by atoms with E-state index in [-0.39, 0.29) is 34.6 Å². The fourth-order valence-corrected chi connectivity index (χ4v) is 6.39. The molecule has 1 aromatic carbocycles. The molecular formula is C28H37ClF2N4O5. The van der Waals surface area contributed by atoms with Gasteiger partial charge in [-0.25, -0.2) is 0 Å². The fourth-order valence-electron chi connectivity index (χ4n) is 6.23. The number of benzene rings is 1. The summed E-state index contributed by atoms with van der Waals surface area (Å²) in [6.45, 7) is 5.95. The van der Waals surface area contributed by atoms with Gasteiger partial charge < -0.3 is 24.8 Å². The molecule has 4 rings (SSSR count). The Balaban J connectivity index is 1.62. The molecule has 0 radical (unpaired) electrons. The summed E-state index contributed by atoms with van der Waals surface area (Å²) in [5, 5.41) is 17.8. The summed E-state index contributed by atoms with van der Waals surface area (Å²) in [6.07, 6.45) is 2.82. The van der Waals surface area contributed by atoms with Crippen molar-refractivity contribution in [1.82, 2.24) is 14.7 Å². The first-order chi connectivity index (χ1) is 18.8. The smallest absolute Gasteiger partial charge is 0.387 e. The molecule has 0 spiro atoms. The Labute approximate surface area is 237 Å². The number of hydrogen-bond acceptors (Lipinski definition) is 6. The predicted octanol–water partition coefficient (Wildman–Crippen LogP) is 5.35. The lowest BCUT2D eigenvalue weighted by atomic mass is 9.74. The van der Waals surface area contributed by atoms with E-state index in [0.29, 0.717) is 45.3 Å². The SMILES string of the molecule is CC(C)c1ccnn1C1(C(=O)Nc2ccc(Cl)cc2OC(F)F)CCN(CC2(C(=O)O)C[C@@H](C)O[C@@H](C)C2)CC1. The number of carboxylic acid groups (broad SMARTS) is 1. The number of carboxylic acids is 1. The Bertz CT molecular complexity index is 1210. The average molecular weight is 583 g/mol. The molecule has 40 heavy (non-hydrogen) atoms. The Hall–Kier alpha value is -2.76. The van der Waals surface area contributed by atoms with Gasteiger partial charge in [-0.15, -0.1) is 0 Å². The molecule has 2 aromatic rings. The zero-order chi connectivity index (χ0) is 29.2. The molecule has 1 unspecified atom stereocenters. The number of piperidine rings is 1. The third kappa shape index (κ3) is 6.26. The highest BCUT2D eigenvalue weighted by atomic mass is 35.5. The van der Waals surface area contributed by atoms with Crippen molar-refractivity contribution in [3.63, 3.8) is 0 Å². The van der Waals surface area contributed by atoms with E-state index in [2.05, 4.69) is 20.1 Å². The summed E-state index contributed by atoms with van der Waals surface area (Å²) in [4.78, 5) is 28.6. The van der Waals surface area contributed by atoms with Crippen LogP contribution in [0.4, 0.5) is 14.5 Å². The number of rotatable bonds is 9. The van der Waals surface area contributed by atoms with Gasteiger partial charge in [0.1, 0.15) is 5.54 Å². The lowest BCUT2D eigenvalue weighted by Crippen LogP contribution is -2.57. The Kier molecular flexibility index (Phi) is 9.06. The molecule has 2 aliphatic heterocycles. The largest absolute Gasteiger partial charge is 0.481 e. The molecule has 2 fully saturated rings. The van der Waals surface area contributed by atoms with Gasteiger partial charge in [0.25, 0.3) is 5.91 Å². The van der Waals surface area contributed by atoms with Crippen molar-refractivity contribution >= 4 is 29.2 Å². The Morgan fingerprint density at radius 3 is 2.42 bits per heavy atom. The normalized spacial score (nSPS) is 25.2. The summed E-state index contributed by atoms with van der Waals surface area (Å²) in [6, 6.07) is 6.01. The van der Waals surface area contributed by atoms with Crippen molar-refractivity contribution < 1.29 is 33.0 Å². The number of nitrogens with one attached hydrogen (secondary N) is 1. The van der Waals surface area contributed by atoms with Gasteiger partial charge in [-0.05, 0) is 63.6 Å². The summed E-state index contributed by atoms with van der Waals surface area (Å²) >= 11 is 5.99. The zero-order valence-corrected chi connectivity index (χ0v) is 24.0. The molecule has 0 saturated carbocycles. The first-order valence-electron chi connectivity index (χ1n) is 13.6. The van der Waals surface area contributed by atoms with Crippen LogP contribution in [0.15, 0.2) is 30.5 Å². The van der Waals surface area contributed by atoms with Gasteiger partial charge in [0.05, 0.1) is 23.3 Å². The van der Waals surface area contributed by atoms with E-state index in [1.54, 1.807) is 10.9 Å². The van der Waals surface area contributed by atoms with Crippen LogP contribution in [0.5, 0.6) is 5.75 Å². The van der Waals surface area contributed by atoms with Crippen LogP contribution in [-0.2, 0) is 19.9 Å². The number of halogens is 3. The van der Waals surface area contributed by atoms with E-state index >= 15 is 0 Å². The second-order valence-corrected chi connectivity index (χ2v) is 11.8. The third-order valence-electron chi connectivity index (χ3n) is 7.98. The van der Waals surface area contributed by atoms with Crippen molar-refractivity contribution in [2.45, 2.75) is 83.7 Å². The highest BCUT2D eigenvalue weighted by molar-refractivity contribution is 6.30. The molecule has 220 valence electrons.